The van der Waals surface area contributed by atoms with Crippen molar-refractivity contribution in [3.63, 3.8) is 0 Å². The van der Waals surface area contributed by atoms with Gasteiger partial charge in [0.1, 0.15) is 0 Å². The summed E-state index contributed by atoms with van der Waals surface area (Å²) < 4.78 is 26.6. The van der Waals surface area contributed by atoms with E-state index in [1.54, 1.807) is 0 Å². The third-order valence-corrected chi connectivity index (χ3v) is 6.94. The summed E-state index contributed by atoms with van der Waals surface area (Å²) in [6.07, 6.45) is 0.685. The maximum absolute atomic E-state index is 12.0. The number of nitrogens with zero attached hydrogens (tertiary/aromatic N) is 2. The predicted molar refractivity (Wildman–Crippen MR) is 108 cm³/mol. The van der Waals surface area contributed by atoms with Gasteiger partial charge < -0.3 is 10.3 Å². The molecule has 1 unspecified atom stereocenters. The summed E-state index contributed by atoms with van der Waals surface area (Å²) in [5, 5.41) is 3.36. The number of imidazole rings is 1. The Morgan fingerprint density at radius 1 is 1.23 bits per heavy atom. The van der Waals surface area contributed by atoms with Gasteiger partial charge in [0, 0.05) is 11.0 Å². The molecule has 3 aromatic rings. The molecular weight excluding hydrogens is 416 g/mol. The highest BCUT2D eigenvalue weighted by Gasteiger charge is 2.28. The number of H-pyrrole nitrogens is 1. The first-order valence-corrected chi connectivity index (χ1v) is 10.8. The summed E-state index contributed by atoms with van der Waals surface area (Å²) >= 11 is 3.46. The monoisotopic (exact) mass is 434 g/mol. The molecule has 136 valence electrons. The molecule has 2 heterocycles. The Morgan fingerprint density at radius 3 is 2.69 bits per heavy atom. The van der Waals surface area contributed by atoms with Gasteiger partial charge in [-0.2, -0.15) is 0 Å². The second-order valence-corrected chi connectivity index (χ2v) is 9.37. The zero-order valence-electron chi connectivity index (χ0n) is 14.2. The van der Waals surface area contributed by atoms with Gasteiger partial charge in [-0.25, -0.2) is 13.4 Å². The molecule has 2 N–H and O–H groups in total. The number of benzene rings is 2. The van der Waals surface area contributed by atoms with Gasteiger partial charge in [-0.05, 0) is 49.2 Å². The lowest BCUT2D eigenvalue weighted by Crippen LogP contribution is -2.25. The normalized spacial score (nSPS) is 17.5. The summed E-state index contributed by atoms with van der Waals surface area (Å²) in [7, 11) is -3.14. The van der Waals surface area contributed by atoms with Crippen molar-refractivity contribution in [2.45, 2.75) is 19.4 Å². The van der Waals surface area contributed by atoms with Crippen LogP contribution in [0.4, 0.5) is 11.6 Å². The van der Waals surface area contributed by atoms with Gasteiger partial charge in [-0.3, -0.25) is 4.31 Å². The number of hydrogen-bond donors (Lipinski definition) is 2. The van der Waals surface area contributed by atoms with E-state index in [1.807, 2.05) is 49.4 Å². The number of nitrogens with one attached hydrogen (secondary N) is 2. The molecule has 8 heteroatoms. The number of sulfonamides is 1. The lowest BCUT2D eigenvalue weighted by Gasteiger charge is -2.19. The van der Waals surface area contributed by atoms with Crippen molar-refractivity contribution in [1.82, 2.24) is 9.97 Å². The summed E-state index contributed by atoms with van der Waals surface area (Å²) in [5.74, 6) is 0.936. The first-order valence-electron chi connectivity index (χ1n) is 8.44. The van der Waals surface area contributed by atoms with E-state index < -0.39 is 10.0 Å². The molecule has 1 aliphatic rings. The van der Waals surface area contributed by atoms with Crippen LogP contribution in [0.25, 0.3) is 11.0 Å². The van der Waals surface area contributed by atoms with Crippen molar-refractivity contribution in [3.8, 4) is 0 Å². The van der Waals surface area contributed by atoms with Crippen LogP contribution in [0.2, 0.25) is 0 Å². The van der Waals surface area contributed by atoms with Crippen LogP contribution in [0.1, 0.15) is 24.9 Å². The van der Waals surface area contributed by atoms with Crippen molar-refractivity contribution < 1.29 is 8.42 Å². The van der Waals surface area contributed by atoms with Crippen molar-refractivity contribution >= 4 is 48.6 Å². The predicted octanol–water partition coefficient (Wildman–Crippen LogP) is 4.04. The van der Waals surface area contributed by atoms with Gasteiger partial charge in [0.2, 0.25) is 16.0 Å². The van der Waals surface area contributed by atoms with E-state index in [-0.39, 0.29) is 11.8 Å². The van der Waals surface area contributed by atoms with Crippen LogP contribution in [0.3, 0.4) is 0 Å². The quantitative estimate of drug-likeness (QED) is 0.649. The van der Waals surface area contributed by atoms with Gasteiger partial charge in [-0.15, -0.1) is 0 Å². The minimum absolute atomic E-state index is 0.0308. The largest absolute Gasteiger partial charge is 0.349 e. The summed E-state index contributed by atoms with van der Waals surface area (Å²) in [6, 6.07) is 13.6. The average molecular weight is 435 g/mol. The molecule has 1 aliphatic heterocycles. The Labute approximate surface area is 160 Å². The van der Waals surface area contributed by atoms with E-state index in [4.69, 9.17) is 0 Å². The van der Waals surface area contributed by atoms with E-state index in [0.29, 0.717) is 18.9 Å². The summed E-state index contributed by atoms with van der Waals surface area (Å²) in [6.45, 7) is 2.61. The van der Waals surface area contributed by atoms with Crippen LogP contribution in [0, 0.1) is 0 Å². The number of aromatic amines is 1. The number of fused-ring (bicyclic) bond motifs is 1. The third kappa shape index (κ3) is 3.31. The SMILES string of the molecule is CC(Nc1nc2ccc(Br)cc2[nH]1)c1ccc(N2CCCS2(=O)=O)cc1. The zero-order valence-corrected chi connectivity index (χ0v) is 16.6. The first-order chi connectivity index (χ1) is 12.4. The highest BCUT2D eigenvalue weighted by molar-refractivity contribution is 9.10. The molecule has 0 amide bonds. The van der Waals surface area contributed by atoms with Crippen LogP contribution >= 0.6 is 15.9 Å². The maximum atomic E-state index is 12.0. The van der Waals surface area contributed by atoms with Crippen molar-refractivity contribution in [2.75, 3.05) is 21.9 Å². The third-order valence-electron chi connectivity index (χ3n) is 4.58. The topological polar surface area (TPSA) is 78.1 Å². The van der Waals surface area contributed by atoms with E-state index in [0.717, 1.165) is 26.8 Å². The number of halogens is 1. The molecule has 6 nitrogen and oxygen atoms in total. The number of hydrogen-bond acceptors (Lipinski definition) is 4. The molecule has 1 fully saturated rings. The van der Waals surface area contributed by atoms with Crippen molar-refractivity contribution in [3.05, 3.63) is 52.5 Å². The summed E-state index contributed by atoms with van der Waals surface area (Å²) in [5.41, 5.74) is 3.65. The van der Waals surface area contributed by atoms with Crippen LogP contribution in [0.15, 0.2) is 46.9 Å². The molecular formula is C18H19BrN4O2S. The molecule has 1 atom stereocenters. The van der Waals surface area contributed by atoms with Crippen LogP contribution in [-0.4, -0.2) is 30.7 Å². The minimum atomic E-state index is -3.14. The molecule has 0 saturated carbocycles. The lowest BCUT2D eigenvalue weighted by molar-refractivity contribution is 0.599. The van der Waals surface area contributed by atoms with E-state index in [9.17, 15) is 8.42 Å². The maximum Gasteiger partial charge on any atom is 0.235 e. The Bertz CT molecular complexity index is 1050. The number of anilines is 2. The number of aromatic nitrogens is 2. The molecule has 26 heavy (non-hydrogen) atoms. The van der Waals surface area contributed by atoms with E-state index >= 15 is 0 Å². The second-order valence-electron chi connectivity index (χ2n) is 6.45. The molecule has 1 saturated heterocycles. The van der Waals surface area contributed by atoms with Crippen LogP contribution in [-0.2, 0) is 10.0 Å². The highest BCUT2D eigenvalue weighted by atomic mass is 79.9. The number of rotatable bonds is 4. The fraction of sp³-hybridized carbons (Fsp3) is 0.278. The second kappa shape index (κ2) is 6.59. The summed E-state index contributed by atoms with van der Waals surface area (Å²) in [4.78, 5) is 7.81. The van der Waals surface area contributed by atoms with Crippen LogP contribution in [0.5, 0.6) is 0 Å². The molecule has 4 rings (SSSR count). The average Bonchev–Trinajstić information content (AvgIpc) is 3.16. The lowest BCUT2D eigenvalue weighted by atomic mass is 10.1. The molecule has 0 aliphatic carbocycles. The highest BCUT2D eigenvalue weighted by Crippen LogP contribution is 2.27. The van der Waals surface area contributed by atoms with Crippen molar-refractivity contribution in [2.24, 2.45) is 0 Å². The van der Waals surface area contributed by atoms with Gasteiger partial charge in [0.05, 0.1) is 28.5 Å². The fourth-order valence-corrected chi connectivity index (χ4v) is 5.12. The molecule has 2 aromatic carbocycles. The van der Waals surface area contributed by atoms with Gasteiger partial charge >= 0.3 is 0 Å². The molecule has 1 aromatic heterocycles. The standard InChI is InChI=1S/C18H19BrN4O2S/c1-12(20-18-21-16-8-5-14(19)11-17(16)22-18)13-3-6-15(7-4-13)23-9-2-10-26(23,24)25/h3-8,11-12H,2,9-10H2,1H3,(H2,20,21,22). The van der Waals surface area contributed by atoms with E-state index in [1.165, 1.54) is 4.31 Å². The van der Waals surface area contributed by atoms with Crippen molar-refractivity contribution in [1.29, 1.82) is 0 Å². The fourth-order valence-electron chi connectivity index (χ4n) is 3.20. The first kappa shape index (κ1) is 17.4. The zero-order chi connectivity index (χ0) is 18.3. The molecule has 0 radical (unpaired) electrons. The van der Waals surface area contributed by atoms with Crippen LogP contribution < -0.4 is 9.62 Å². The van der Waals surface area contributed by atoms with E-state index in [2.05, 4.69) is 31.2 Å². The minimum Gasteiger partial charge on any atom is -0.349 e. The van der Waals surface area contributed by atoms with Gasteiger partial charge in [0.25, 0.3) is 0 Å². The molecule has 0 bridgehead atoms. The Kier molecular flexibility index (Phi) is 4.40. The van der Waals surface area contributed by atoms with Gasteiger partial charge in [-0.1, -0.05) is 28.1 Å². The smallest absolute Gasteiger partial charge is 0.235 e. The molecule has 0 spiro atoms. The Hall–Kier alpha value is -2.06. The van der Waals surface area contributed by atoms with Gasteiger partial charge in [0.15, 0.2) is 0 Å². The Balaban J connectivity index is 1.51. The Morgan fingerprint density at radius 2 is 2.00 bits per heavy atom.